The Kier molecular flexibility index (Phi) is 23.5. The fraction of sp³-hybridized carbons (Fsp3) is 0.648. The van der Waals surface area contributed by atoms with Crippen LogP contribution in [0.2, 0.25) is 0 Å². The molecule has 0 spiro atoms. The van der Waals surface area contributed by atoms with E-state index in [1.54, 1.807) is 17.0 Å². The molecule has 5 rings (SSSR count). The quantitative estimate of drug-likeness (QED) is 0.0366. The van der Waals surface area contributed by atoms with Crippen molar-refractivity contribution in [2.24, 2.45) is 22.9 Å². The molecule has 2 aliphatic carbocycles. The number of rotatable bonds is 32. The van der Waals surface area contributed by atoms with Crippen LogP contribution in [0.4, 0.5) is 9.59 Å². The minimum Gasteiger partial charge on any atom is -0.459 e. The number of carbonyl (C=O) groups excluding carboxylic acids is 2. The van der Waals surface area contributed by atoms with Crippen LogP contribution in [0, 0.1) is 17.8 Å². The third kappa shape index (κ3) is 15.3. The van der Waals surface area contributed by atoms with Crippen molar-refractivity contribution < 1.29 is 48.3 Å². The SMILES string of the molecule is C=CCO[C@@]12Oc3ccc(OC(=O)NCCCCCCCCCCCC)cc3[C@H]3[C@H](CCCCO)[C@@H](CCCCO)C=C(C(=NOC)C[C@@H]1N(CCC)C(=O)OCCOCc1ccccc1)[C@H]32. The van der Waals surface area contributed by atoms with Gasteiger partial charge in [-0.15, -0.1) is 6.58 Å². The second-order valence-electron chi connectivity index (χ2n) is 18.3. The Balaban J connectivity index is 1.47. The molecule has 0 bridgehead atoms. The lowest BCUT2D eigenvalue weighted by Crippen LogP contribution is -2.70. The second-order valence-corrected chi connectivity index (χ2v) is 18.3. The van der Waals surface area contributed by atoms with Gasteiger partial charge in [0.15, 0.2) is 0 Å². The van der Waals surface area contributed by atoms with E-state index >= 15 is 0 Å². The number of nitrogens with one attached hydrogen (secondary N) is 1. The Bertz CT molecular complexity index is 1840. The van der Waals surface area contributed by atoms with Crippen LogP contribution in [0.15, 0.2) is 78.0 Å². The minimum absolute atomic E-state index is 0.0182. The van der Waals surface area contributed by atoms with Gasteiger partial charge in [-0.1, -0.05) is 132 Å². The highest BCUT2D eigenvalue weighted by atomic mass is 16.7. The molecular weight excluding hydrogens is 851 g/mol. The first-order chi connectivity index (χ1) is 32.8. The van der Waals surface area contributed by atoms with Crippen LogP contribution < -0.4 is 14.8 Å². The number of benzene rings is 2. The van der Waals surface area contributed by atoms with Gasteiger partial charge in [-0.25, -0.2) is 9.59 Å². The Morgan fingerprint density at radius 2 is 1.61 bits per heavy atom. The lowest BCUT2D eigenvalue weighted by molar-refractivity contribution is -0.255. The highest BCUT2D eigenvalue weighted by Gasteiger charge is 2.65. The zero-order chi connectivity index (χ0) is 47.7. The number of aliphatic hydroxyl groups is 2. The first-order valence-corrected chi connectivity index (χ1v) is 25.5. The van der Waals surface area contributed by atoms with E-state index in [9.17, 15) is 19.8 Å². The summed E-state index contributed by atoms with van der Waals surface area (Å²) in [5.41, 5.74) is 3.51. The highest BCUT2D eigenvalue weighted by molar-refractivity contribution is 6.03. The molecule has 3 aliphatic rings. The molecule has 13 nitrogen and oxygen atoms in total. The molecule has 3 N–H and O–H groups in total. The van der Waals surface area contributed by atoms with Gasteiger partial charge in [0.1, 0.15) is 31.3 Å². The predicted molar refractivity (Wildman–Crippen MR) is 262 cm³/mol. The average molecular weight is 932 g/mol. The van der Waals surface area contributed by atoms with Gasteiger partial charge in [0.05, 0.1) is 31.5 Å². The topological polar surface area (TPSA) is 158 Å². The molecule has 1 saturated carbocycles. The van der Waals surface area contributed by atoms with Crippen LogP contribution in [0.25, 0.3) is 0 Å². The van der Waals surface area contributed by atoms with Gasteiger partial charge in [0.2, 0.25) is 5.79 Å². The molecule has 13 heteroatoms. The number of ether oxygens (including phenoxy) is 5. The number of aliphatic hydroxyl groups excluding tert-OH is 2. The summed E-state index contributed by atoms with van der Waals surface area (Å²) in [6.07, 6.45) is 20.5. The van der Waals surface area contributed by atoms with Crippen molar-refractivity contribution in [1.82, 2.24) is 10.2 Å². The van der Waals surface area contributed by atoms with Gasteiger partial charge in [-0.2, -0.15) is 0 Å². The van der Waals surface area contributed by atoms with Gasteiger partial charge in [-0.05, 0) is 79.7 Å². The summed E-state index contributed by atoms with van der Waals surface area (Å²) in [5, 5.41) is 27.4. The summed E-state index contributed by atoms with van der Waals surface area (Å²) in [6, 6.07) is 14.7. The van der Waals surface area contributed by atoms with Crippen LogP contribution in [0.5, 0.6) is 11.5 Å². The van der Waals surface area contributed by atoms with Crippen molar-refractivity contribution >= 4 is 17.9 Å². The van der Waals surface area contributed by atoms with Crippen LogP contribution >= 0.6 is 0 Å². The molecule has 1 heterocycles. The molecule has 0 aromatic heterocycles. The van der Waals surface area contributed by atoms with Gasteiger partial charge in [-0.3, -0.25) is 4.90 Å². The minimum atomic E-state index is -1.43. The standard InChI is InChI=1S/C54H81N3O10/c1-5-8-9-10-11-12-13-14-15-21-30-55-52(60)66-43-28-29-48-46(38-43)50-44(27-20-23-33-59)42(26-19-22-32-58)37-45-47(56-62-4)39-49(54(67-48,51(45)50)65-34-7-3)57(31-6-2)53(61)64-36-35-63-40-41-24-17-16-18-25-41/h7,16-18,24-25,28-29,37-38,42,44,49-51,58-59H,3,5-6,8-15,19-23,26-27,30-36,39-40H2,1-2,4H3,(H,55,60)/t42-,44+,49-,50+,51+,54+/m0/s1. The zero-order valence-electron chi connectivity index (χ0n) is 40.8. The molecule has 1 aliphatic heterocycles. The van der Waals surface area contributed by atoms with Crippen molar-refractivity contribution in [1.29, 1.82) is 0 Å². The number of hydrogen-bond donors (Lipinski definition) is 3. The van der Waals surface area contributed by atoms with E-state index in [1.165, 1.54) is 52.1 Å². The van der Waals surface area contributed by atoms with E-state index in [0.717, 1.165) is 61.6 Å². The van der Waals surface area contributed by atoms with Crippen molar-refractivity contribution in [2.45, 2.75) is 154 Å². The van der Waals surface area contributed by atoms with Crippen LogP contribution in [0.1, 0.15) is 146 Å². The maximum absolute atomic E-state index is 14.4. The van der Waals surface area contributed by atoms with Gasteiger partial charge >= 0.3 is 12.2 Å². The van der Waals surface area contributed by atoms with Crippen molar-refractivity contribution in [2.75, 3.05) is 53.2 Å². The maximum Gasteiger partial charge on any atom is 0.412 e. The number of fused-ring (bicyclic) bond motifs is 2. The molecule has 2 amide bonds. The summed E-state index contributed by atoms with van der Waals surface area (Å²) < 4.78 is 32.1. The molecule has 67 heavy (non-hydrogen) atoms. The summed E-state index contributed by atoms with van der Waals surface area (Å²) in [5.74, 6) is -1.14. The summed E-state index contributed by atoms with van der Waals surface area (Å²) >= 11 is 0. The maximum atomic E-state index is 14.4. The molecule has 0 unspecified atom stereocenters. The third-order valence-electron chi connectivity index (χ3n) is 13.5. The molecule has 6 atom stereocenters. The summed E-state index contributed by atoms with van der Waals surface area (Å²) in [6.45, 7) is 10.1. The first kappa shape index (κ1) is 53.5. The molecule has 2 aromatic rings. The number of unbranched alkanes of at least 4 members (excludes halogenated alkanes) is 11. The predicted octanol–water partition coefficient (Wildman–Crippen LogP) is 11.0. The fourth-order valence-corrected chi connectivity index (χ4v) is 10.4. The largest absolute Gasteiger partial charge is 0.459 e. The fourth-order valence-electron chi connectivity index (χ4n) is 10.4. The van der Waals surface area contributed by atoms with E-state index in [1.807, 2.05) is 49.4 Å². The highest BCUT2D eigenvalue weighted by Crippen LogP contribution is 2.62. The number of carbonyl (C=O) groups is 2. The lowest BCUT2D eigenvalue weighted by atomic mass is 9.55. The Morgan fingerprint density at radius 3 is 2.30 bits per heavy atom. The molecule has 372 valence electrons. The molecule has 0 saturated heterocycles. The number of nitrogens with zero attached hydrogens (tertiary/aromatic N) is 2. The van der Waals surface area contributed by atoms with Crippen molar-refractivity contribution in [3.63, 3.8) is 0 Å². The Labute approximate surface area is 400 Å². The van der Waals surface area contributed by atoms with E-state index in [0.29, 0.717) is 56.2 Å². The van der Waals surface area contributed by atoms with E-state index < -0.39 is 29.9 Å². The zero-order valence-corrected chi connectivity index (χ0v) is 40.8. The average Bonchev–Trinajstić information content (AvgIpc) is 3.33. The van der Waals surface area contributed by atoms with Gasteiger partial charge in [0, 0.05) is 44.2 Å². The summed E-state index contributed by atoms with van der Waals surface area (Å²) in [4.78, 5) is 35.0. The van der Waals surface area contributed by atoms with Gasteiger partial charge < -0.3 is 44.1 Å². The normalized spacial score (nSPS) is 22.2. The van der Waals surface area contributed by atoms with Crippen LogP contribution in [-0.2, 0) is 25.7 Å². The van der Waals surface area contributed by atoms with Gasteiger partial charge in [0.25, 0.3) is 0 Å². The smallest absolute Gasteiger partial charge is 0.412 e. The molecule has 1 fully saturated rings. The first-order valence-electron chi connectivity index (χ1n) is 25.5. The van der Waals surface area contributed by atoms with Crippen molar-refractivity contribution in [3.8, 4) is 11.5 Å². The van der Waals surface area contributed by atoms with E-state index in [4.69, 9.17) is 28.5 Å². The number of hydrogen-bond acceptors (Lipinski definition) is 11. The monoisotopic (exact) mass is 932 g/mol. The number of oxime groups is 1. The van der Waals surface area contributed by atoms with E-state index in [-0.39, 0.29) is 57.2 Å². The molecule has 0 radical (unpaired) electrons. The van der Waals surface area contributed by atoms with Crippen LogP contribution in [-0.4, -0.2) is 98.1 Å². The summed E-state index contributed by atoms with van der Waals surface area (Å²) in [7, 11) is 1.53. The third-order valence-corrected chi connectivity index (χ3v) is 13.5. The lowest BCUT2D eigenvalue weighted by Gasteiger charge is -2.59. The second kappa shape index (κ2) is 29.5. The van der Waals surface area contributed by atoms with E-state index in [2.05, 4.69) is 30.1 Å². The molecule has 2 aromatic carbocycles. The Hall–Kier alpha value is -4.43. The Morgan fingerprint density at radius 1 is 0.896 bits per heavy atom. The van der Waals surface area contributed by atoms with Crippen molar-refractivity contribution in [3.05, 3.63) is 84.0 Å². The number of allylic oxidation sites excluding steroid dienone is 1. The molecular formula is C54H81N3O10. The van der Waals surface area contributed by atoms with Crippen LogP contribution in [0.3, 0.4) is 0 Å². The number of amides is 2.